The van der Waals surface area contributed by atoms with Gasteiger partial charge >= 0.3 is 18.0 Å². The number of fused-ring (bicyclic) bond motifs is 3. The Labute approximate surface area is 323 Å². The third kappa shape index (κ3) is 7.05. The van der Waals surface area contributed by atoms with Crippen LogP contribution in [0.15, 0.2) is 54.6 Å². The second kappa shape index (κ2) is 16.8. The molecule has 2 aliphatic heterocycles. The molecule has 296 valence electrons. The van der Waals surface area contributed by atoms with Gasteiger partial charge in [-0.1, -0.05) is 37.3 Å². The molecule has 1 fully saturated rings. The van der Waals surface area contributed by atoms with Gasteiger partial charge in [0, 0.05) is 25.0 Å². The largest absolute Gasteiger partial charge is 0.493 e. The molecule has 3 atom stereocenters. The van der Waals surface area contributed by atoms with Gasteiger partial charge in [0.25, 0.3) is 0 Å². The molecule has 3 aliphatic rings. The van der Waals surface area contributed by atoms with Crippen molar-refractivity contribution in [1.29, 1.82) is 0 Å². The lowest BCUT2D eigenvalue weighted by Gasteiger charge is -2.60. The van der Waals surface area contributed by atoms with E-state index in [2.05, 4.69) is 11.8 Å². The highest BCUT2D eigenvalue weighted by atomic mass is 16.6. The molecule has 1 spiro atoms. The van der Waals surface area contributed by atoms with E-state index in [-0.39, 0.29) is 39.1 Å². The molecule has 0 saturated heterocycles. The number of methoxy groups -OCH3 is 4. The SMILES string of the molecule is CCOC(=O)C1(C(=O)OCC)CCC2(c3cc(OC)c(OC)cc3CCN2C(=O)OCc2ccccc2)C(C2c3cc(OC)c(OC)cc3CCN2CC)C1. The Balaban J connectivity index is 1.65. The Morgan fingerprint density at radius 3 is 1.89 bits per heavy atom. The summed E-state index contributed by atoms with van der Waals surface area (Å²) < 4.78 is 40.9. The van der Waals surface area contributed by atoms with Gasteiger partial charge in [-0.3, -0.25) is 19.4 Å². The van der Waals surface area contributed by atoms with Crippen LogP contribution >= 0.6 is 0 Å². The highest BCUT2D eigenvalue weighted by Gasteiger charge is 2.65. The molecule has 3 aromatic carbocycles. The Morgan fingerprint density at radius 1 is 0.709 bits per heavy atom. The van der Waals surface area contributed by atoms with Crippen LogP contribution in [0.25, 0.3) is 0 Å². The Kier molecular flexibility index (Phi) is 12.1. The Hall–Kier alpha value is -4.97. The first-order valence-electron chi connectivity index (χ1n) is 19.2. The summed E-state index contributed by atoms with van der Waals surface area (Å²) in [6.45, 7) is 7.52. The molecule has 3 aromatic rings. The predicted molar refractivity (Wildman–Crippen MR) is 205 cm³/mol. The van der Waals surface area contributed by atoms with Gasteiger partial charge in [0.05, 0.1) is 47.2 Å². The maximum atomic E-state index is 14.8. The van der Waals surface area contributed by atoms with E-state index in [1.807, 2.05) is 59.5 Å². The molecule has 0 aromatic heterocycles. The molecule has 12 nitrogen and oxygen atoms in total. The molecule has 0 radical (unpaired) electrons. The lowest BCUT2D eigenvalue weighted by atomic mass is 9.54. The van der Waals surface area contributed by atoms with Crippen molar-refractivity contribution in [2.45, 2.75) is 71.1 Å². The van der Waals surface area contributed by atoms with Crippen LogP contribution in [0.3, 0.4) is 0 Å². The van der Waals surface area contributed by atoms with E-state index < -0.39 is 40.9 Å². The van der Waals surface area contributed by atoms with Crippen LogP contribution < -0.4 is 18.9 Å². The summed E-state index contributed by atoms with van der Waals surface area (Å²) in [4.78, 5) is 47.6. The van der Waals surface area contributed by atoms with Crippen molar-refractivity contribution in [3.05, 3.63) is 82.4 Å². The van der Waals surface area contributed by atoms with Crippen molar-refractivity contribution >= 4 is 18.0 Å². The van der Waals surface area contributed by atoms with Gasteiger partial charge < -0.3 is 33.2 Å². The summed E-state index contributed by atoms with van der Waals surface area (Å²) in [6.07, 6.45) is 1.13. The van der Waals surface area contributed by atoms with Crippen LogP contribution in [0.2, 0.25) is 0 Å². The topological polar surface area (TPSA) is 122 Å². The first kappa shape index (κ1) is 39.7. The quantitative estimate of drug-likeness (QED) is 0.112. The normalized spacial score (nSPS) is 21.5. The Bertz CT molecular complexity index is 1850. The number of nitrogens with zero attached hydrogens (tertiary/aromatic N) is 2. The van der Waals surface area contributed by atoms with Crippen molar-refractivity contribution in [2.24, 2.45) is 11.3 Å². The van der Waals surface area contributed by atoms with Crippen molar-refractivity contribution in [1.82, 2.24) is 9.80 Å². The molecule has 1 aliphatic carbocycles. The maximum absolute atomic E-state index is 14.8. The summed E-state index contributed by atoms with van der Waals surface area (Å²) in [5, 5.41) is 0. The van der Waals surface area contributed by atoms with Crippen LogP contribution in [0.5, 0.6) is 23.0 Å². The predicted octanol–water partition coefficient (Wildman–Crippen LogP) is 6.64. The standard InChI is InChI=1S/C43H54N2O10/c1-8-44-20-16-29-22-34(49-4)36(51-6)24-31(29)38(44)33-26-42(39(46)53-9-2,40(47)54-10-3)18-19-43(33)32-25-37(52-7)35(50-5)23-30(32)17-21-45(43)41(48)55-27-28-14-12-11-13-15-28/h11-15,22-25,33,38H,8-10,16-21,26-27H2,1-7H3. The number of likely N-dealkylation sites (N-methyl/N-ethyl adjacent to an activating group) is 1. The van der Waals surface area contributed by atoms with Crippen molar-refractivity contribution in [3.8, 4) is 23.0 Å². The lowest BCUT2D eigenvalue weighted by molar-refractivity contribution is -0.183. The molecule has 0 bridgehead atoms. The fourth-order valence-corrected chi connectivity index (χ4v) is 9.28. The molecule has 1 saturated carbocycles. The average molecular weight is 759 g/mol. The number of amides is 1. The molecule has 6 rings (SSSR count). The zero-order valence-corrected chi connectivity index (χ0v) is 33.1. The molecule has 1 amide bonds. The number of ether oxygens (including phenoxy) is 7. The summed E-state index contributed by atoms with van der Waals surface area (Å²) in [5.41, 5.74) is 2.02. The molecule has 2 heterocycles. The molecular formula is C43H54N2O10. The van der Waals surface area contributed by atoms with Crippen molar-refractivity contribution in [2.75, 3.05) is 61.3 Å². The minimum Gasteiger partial charge on any atom is -0.493 e. The van der Waals surface area contributed by atoms with Gasteiger partial charge in [0.1, 0.15) is 6.61 Å². The first-order chi connectivity index (χ1) is 26.7. The van der Waals surface area contributed by atoms with Crippen LogP contribution in [-0.4, -0.2) is 89.1 Å². The molecule has 3 unspecified atom stereocenters. The van der Waals surface area contributed by atoms with Gasteiger partial charge in [0.2, 0.25) is 0 Å². The zero-order chi connectivity index (χ0) is 39.3. The number of carbonyl (C=O) groups is 3. The summed E-state index contributed by atoms with van der Waals surface area (Å²) >= 11 is 0. The van der Waals surface area contributed by atoms with Crippen LogP contribution in [-0.2, 0) is 48.8 Å². The summed E-state index contributed by atoms with van der Waals surface area (Å²) in [5.74, 6) is 0.434. The minimum atomic E-state index is -1.64. The first-order valence-corrected chi connectivity index (χ1v) is 19.2. The number of rotatable bonds is 12. The zero-order valence-electron chi connectivity index (χ0n) is 33.1. The van der Waals surface area contributed by atoms with Crippen LogP contribution in [0.4, 0.5) is 4.79 Å². The summed E-state index contributed by atoms with van der Waals surface area (Å²) in [7, 11) is 6.42. The van der Waals surface area contributed by atoms with E-state index in [9.17, 15) is 14.4 Å². The van der Waals surface area contributed by atoms with E-state index in [4.69, 9.17) is 33.2 Å². The number of benzene rings is 3. The fourth-order valence-electron chi connectivity index (χ4n) is 9.28. The highest BCUT2D eigenvalue weighted by Crippen LogP contribution is 2.61. The summed E-state index contributed by atoms with van der Waals surface area (Å²) in [6, 6.07) is 17.1. The molecule has 0 N–H and O–H groups in total. The van der Waals surface area contributed by atoms with Crippen LogP contribution in [0, 0.1) is 11.3 Å². The molecular weight excluding hydrogens is 704 g/mol. The van der Waals surface area contributed by atoms with E-state index in [0.717, 1.165) is 34.2 Å². The van der Waals surface area contributed by atoms with E-state index in [1.54, 1.807) is 42.3 Å². The molecule has 55 heavy (non-hydrogen) atoms. The smallest absolute Gasteiger partial charge is 0.410 e. The number of carbonyl (C=O) groups excluding carboxylic acids is 3. The van der Waals surface area contributed by atoms with Crippen molar-refractivity contribution in [3.63, 3.8) is 0 Å². The second-order valence-electron chi connectivity index (χ2n) is 14.3. The van der Waals surface area contributed by atoms with E-state index in [1.165, 1.54) is 0 Å². The van der Waals surface area contributed by atoms with Gasteiger partial charge in [0.15, 0.2) is 28.4 Å². The fraction of sp³-hybridized carbons (Fsp3) is 0.512. The van der Waals surface area contributed by atoms with Crippen molar-refractivity contribution < 1.29 is 47.5 Å². The number of esters is 2. The van der Waals surface area contributed by atoms with E-state index in [0.29, 0.717) is 49.1 Å². The molecule has 12 heteroatoms. The van der Waals surface area contributed by atoms with Gasteiger partial charge in [-0.25, -0.2) is 4.79 Å². The lowest BCUT2D eigenvalue weighted by Crippen LogP contribution is -2.65. The van der Waals surface area contributed by atoms with Gasteiger partial charge in [-0.2, -0.15) is 0 Å². The monoisotopic (exact) mass is 758 g/mol. The van der Waals surface area contributed by atoms with Crippen LogP contribution in [0.1, 0.15) is 73.9 Å². The third-order valence-electron chi connectivity index (χ3n) is 11.8. The Morgan fingerprint density at radius 2 is 1.29 bits per heavy atom. The second-order valence-corrected chi connectivity index (χ2v) is 14.3. The maximum Gasteiger partial charge on any atom is 0.410 e. The number of hydrogen-bond acceptors (Lipinski definition) is 11. The van der Waals surface area contributed by atoms with Gasteiger partial charge in [-0.15, -0.1) is 0 Å². The van der Waals surface area contributed by atoms with Gasteiger partial charge in [-0.05, 0) is 105 Å². The third-order valence-corrected chi connectivity index (χ3v) is 11.8. The highest BCUT2D eigenvalue weighted by molar-refractivity contribution is 6.00. The minimum absolute atomic E-state index is 0.0376. The number of hydrogen-bond donors (Lipinski definition) is 0. The van der Waals surface area contributed by atoms with E-state index >= 15 is 0 Å². The average Bonchev–Trinajstić information content (AvgIpc) is 3.22.